The Morgan fingerprint density at radius 2 is 1.95 bits per heavy atom. The van der Waals surface area contributed by atoms with E-state index in [1.807, 2.05) is 18.2 Å². The third-order valence-electron chi connectivity index (χ3n) is 3.48. The molecule has 2 rings (SSSR count). The number of rotatable bonds is 4. The van der Waals surface area contributed by atoms with Gasteiger partial charge in [0.15, 0.2) is 0 Å². The van der Waals surface area contributed by atoms with Crippen molar-refractivity contribution in [3.8, 4) is 0 Å². The second kappa shape index (κ2) is 6.97. The molecule has 2 aromatic carbocycles. The standard InChI is InChI=1S/C16H16Br2ClN/c1-11(12-4-3-5-15(19)8-12)20(2)16-9-14(18)7-6-13(16)10-17/h3-9,11H,10H2,1-2H3. The van der Waals surface area contributed by atoms with Gasteiger partial charge >= 0.3 is 0 Å². The average molecular weight is 418 g/mol. The molecular formula is C16H16Br2ClN. The average Bonchev–Trinajstić information content (AvgIpc) is 2.45. The summed E-state index contributed by atoms with van der Waals surface area (Å²) in [6.45, 7) is 2.19. The van der Waals surface area contributed by atoms with E-state index < -0.39 is 0 Å². The van der Waals surface area contributed by atoms with Crippen molar-refractivity contribution in [2.45, 2.75) is 18.3 Å². The highest BCUT2D eigenvalue weighted by atomic mass is 79.9. The van der Waals surface area contributed by atoms with Crippen molar-refractivity contribution in [3.05, 3.63) is 63.1 Å². The summed E-state index contributed by atoms with van der Waals surface area (Å²) in [7, 11) is 2.11. The van der Waals surface area contributed by atoms with E-state index in [2.05, 4.69) is 75.0 Å². The van der Waals surface area contributed by atoms with Gasteiger partial charge in [-0.3, -0.25) is 0 Å². The zero-order valence-corrected chi connectivity index (χ0v) is 15.3. The predicted octanol–water partition coefficient (Wildman–Crippen LogP) is 6.19. The van der Waals surface area contributed by atoms with Crippen LogP contribution in [0.15, 0.2) is 46.9 Å². The minimum absolute atomic E-state index is 0.251. The number of benzene rings is 2. The Hall–Kier alpha value is -0.510. The van der Waals surface area contributed by atoms with E-state index in [9.17, 15) is 0 Å². The molecule has 0 heterocycles. The first kappa shape index (κ1) is 15.9. The fourth-order valence-electron chi connectivity index (χ4n) is 2.18. The summed E-state index contributed by atoms with van der Waals surface area (Å²) in [5.74, 6) is 0. The lowest BCUT2D eigenvalue weighted by molar-refractivity contribution is 0.737. The van der Waals surface area contributed by atoms with Crippen LogP contribution in [-0.4, -0.2) is 7.05 Å². The van der Waals surface area contributed by atoms with Gasteiger partial charge in [-0.15, -0.1) is 0 Å². The molecule has 0 N–H and O–H groups in total. The van der Waals surface area contributed by atoms with Crippen molar-refractivity contribution < 1.29 is 0 Å². The van der Waals surface area contributed by atoms with Crippen LogP contribution in [-0.2, 0) is 5.33 Å². The van der Waals surface area contributed by atoms with Gasteiger partial charge in [0.2, 0.25) is 0 Å². The van der Waals surface area contributed by atoms with Gasteiger partial charge < -0.3 is 4.90 Å². The molecule has 0 aliphatic heterocycles. The van der Waals surface area contributed by atoms with Gasteiger partial charge in [0.1, 0.15) is 0 Å². The zero-order valence-electron chi connectivity index (χ0n) is 11.4. The van der Waals surface area contributed by atoms with Crippen LogP contribution in [0.25, 0.3) is 0 Å². The Balaban J connectivity index is 2.35. The van der Waals surface area contributed by atoms with E-state index in [0.29, 0.717) is 0 Å². The molecule has 0 saturated carbocycles. The lowest BCUT2D eigenvalue weighted by Gasteiger charge is -2.29. The van der Waals surface area contributed by atoms with Crippen LogP contribution in [0.1, 0.15) is 24.1 Å². The van der Waals surface area contributed by atoms with Crippen molar-refractivity contribution in [2.24, 2.45) is 0 Å². The van der Waals surface area contributed by atoms with Gasteiger partial charge in [0.25, 0.3) is 0 Å². The third kappa shape index (κ3) is 3.57. The molecule has 1 unspecified atom stereocenters. The van der Waals surface area contributed by atoms with Crippen molar-refractivity contribution in [3.63, 3.8) is 0 Å². The Bertz CT molecular complexity index is 601. The quantitative estimate of drug-likeness (QED) is 0.536. The smallest absolute Gasteiger partial charge is 0.0511 e. The summed E-state index contributed by atoms with van der Waals surface area (Å²) in [5.41, 5.74) is 3.69. The lowest BCUT2D eigenvalue weighted by Crippen LogP contribution is -2.22. The van der Waals surface area contributed by atoms with Gasteiger partial charge in [-0.1, -0.05) is 61.7 Å². The van der Waals surface area contributed by atoms with E-state index in [-0.39, 0.29) is 6.04 Å². The first-order chi connectivity index (χ1) is 9.52. The maximum absolute atomic E-state index is 6.09. The molecule has 20 heavy (non-hydrogen) atoms. The van der Waals surface area contributed by atoms with Crippen molar-refractivity contribution in [1.82, 2.24) is 0 Å². The van der Waals surface area contributed by atoms with Crippen molar-refractivity contribution in [1.29, 1.82) is 0 Å². The van der Waals surface area contributed by atoms with Crippen LogP contribution in [0.3, 0.4) is 0 Å². The van der Waals surface area contributed by atoms with Gasteiger partial charge in [0.05, 0.1) is 6.04 Å². The van der Waals surface area contributed by atoms with Gasteiger partial charge in [-0.05, 0) is 42.3 Å². The third-order valence-corrected chi connectivity index (χ3v) is 4.82. The molecule has 1 atom stereocenters. The van der Waals surface area contributed by atoms with E-state index in [1.54, 1.807) is 0 Å². The number of alkyl halides is 1. The van der Waals surface area contributed by atoms with E-state index >= 15 is 0 Å². The van der Waals surface area contributed by atoms with Crippen molar-refractivity contribution >= 4 is 49.1 Å². The Morgan fingerprint density at radius 3 is 2.60 bits per heavy atom. The maximum Gasteiger partial charge on any atom is 0.0511 e. The molecule has 0 saturated heterocycles. The fourth-order valence-corrected chi connectivity index (χ4v) is 3.20. The highest BCUT2D eigenvalue weighted by molar-refractivity contribution is 9.10. The van der Waals surface area contributed by atoms with Crippen LogP contribution in [0, 0.1) is 0 Å². The van der Waals surface area contributed by atoms with Gasteiger partial charge in [-0.25, -0.2) is 0 Å². The number of anilines is 1. The summed E-state index contributed by atoms with van der Waals surface area (Å²) >= 11 is 13.2. The maximum atomic E-state index is 6.09. The van der Waals surface area contributed by atoms with E-state index in [0.717, 1.165) is 14.8 Å². The van der Waals surface area contributed by atoms with Crippen LogP contribution < -0.4 is 4.90 Å². The minimum atomic E-state index is 0.251. The lowest BCUT2D eigenvalue weighted by atomic mass is 10.1. The molecule has 0 fully saturated rings. The summed E-state index contributed by atoms with van der Waals surface area (Å²) < 4.78 is 1.09. The Kier molecular flexibility index (Phi) is 5.53. The monoisotopic (exact) mass is 415 g/mol. The molecule has 0 spiro atoms. The summed E-state index contributed by atoms with van der Waals surface area (Å²) in [6.07, 6.45) is 0. The zero-order chi connectivity index (χ0) is 14.7. The molecule has 106 valence electrons. The highest BCUT2D eigenvalue weighted by Crippen LogP contribution is 2.32. The first-order valence-corrected chi connectivity index (χ1v) is 8.65. The molecule has 0 aliphatic rings. The van der Waals surface area contributed by atoms with Crippen LogP contribution in [0.5, 0.6) is 0 Å². The Morgan fingerprint density at radius 1 is 1.20 bits per heavy atom. The molecule has 2 aromatic rings. The minimum Gasteiger partial charge on any atom is -0.368 e. The largest absolute Gasteiger partial charge is 0.368 e. The normalized spacial score (nSPS) is 12.2. The predicted molar refractivity (Wildman–Crippen MR) is 95.0 cm³/mol. The van der Waals surface area contributed by atoms with E-state index in [1.165, 1.54) is 16.8 Å². The molecular weight excluding hydrogens is 401 g/mol. The van der Waals surface area contributed by atoms with Gasteiger partial charge in [-0.2, -0.15) is 0 Å². The fraction of sp³-hybridized carbons (Fsp3) is 0.250. The highest BCUT2D eigenvalue weighted by Gasteiger charge is 2.15. The number of halogens is 3. The van der Waals surface area contributed by atoms with Crippen molar-refractivity contribution in [2.75, 3.05) is 11.9 Å². The molecule has 0 bridgehead atoms. The molecule has 0 aromatic heterocycles. The number of hydrogen-bond donors (Lipinski definition) is 0. The molecule has 0 amide bonds. The van der Waals surface area contributed by atoms with Crippen LogP contribution in [0.4, 0.5) is 5.69 Å². The van der Waals surface area contributed by atoms with Crippen LogP contribution in [0.2, 0.25) is 5.02 Å². The molecule has 4 heteroatoms. The van der Waals surface area contributed by atoms with E-state index in [4.69, 9.17) is 11.6 Å². The SMILES string of the molecule is CC(c1cccc(Cl)c1)N(C)c1cc(Br)ccc1CBr. The summed E-state index contributed by atoms with van der Waals surface area (Å²) in [5, 5.41) is 1.61. The van der Waals surface area contributed by atoms with Crippen LogP contribution >= 0.6 is 43.5 Å². The Labute approximate surface area is 142 Å². The topological polar surface area (TPSA) is 3.24 Å². The number of hydrogen-bond acceptors (Lipinski definition) is 1. The second-order valence-electron chi connectivity index (χ2n) is 4.75. The molecule has 0 aliphatic carbocycles. The number of nitrogens with zero attached hydrogens (tertiary/aromatic N) is 1. The van der Waals surface area contributed by atoms with Gasteiger partial charge in [0, 0.05) is 27.6 Å². The summed E-state index contributed by atoms with van der Waals surface area (Å²) in [4.78, 5) is 2.27. The molecule has 0 radical (unpaired) electrons. The summed E-state index contributed by atoms with van der Waals surface area (Å²) in [6, 6.07) is 14.6. The first-order valence-electron chi connectivity index (χ1n) is 6.35. The second-order valence-corrected chi connectivity index (χ2v) is 6.66. The molecule has 1 nitrogen and oxygen atoms in total.